The van der Waals surface area contributed by atoms with E-state index in [9.17, 15) is 4.89 Å². The standard InChI is InChI=1S/C12H11N2OP/c13-11-8-4-5-9-12(11)14-16(15)10-6-2-1-3-7-10/h1-9H,13H2. The molecule has 0 spiro atoms. The highest BCUT2D eigenvalue weighted by atomic mass is 31.1. The van der Waals surface area contributed by atoms with Crippen molar-refractivity contribution < 1.29 is 4.89 Å². The average Bonchev–Trinajstić information content (AvgIpc) is 2.33. The van der Waals surface area contributed by atoms with Gasteiger partial charge in [-0.05, 0) is 24.3 Å². The number of rotatable bonds is 2. The lowest BCUT2D eigenvalue weighted by molar-refractivity contribution is -0.152. The first-order valence-corrected chi connectivity index (χ1v) is 6.07. The number of nitrogens with two attached hydrogens (primary N) is 1. The monoisotopic (exact) mass is 230 g/mol. The van der Waals surface area contributed by atoms with Crippen LogP contribution in [0.2, 0.25) is 0 Å². The molecule has 0 saturated carbocycles. The van der Waals surface area contributed by atoms with Crippen molar-refractivity contribution in [3.05, 3.63) is 54.6 Å². The summed E-state index contributed by atoms with van der Waals surface area (Å²) in [6.07, 6.45) is 0. The maximum absolute atomic E-state index is 11.9. The fourth-order valence-corrected chi connectivity index (χ4v) is 2.21. The highest BCUT2D eigenvalue weighted by molar-refractivity contribution is 7.48. The van der Waals surface area contributed by atoms with E-state index in [4.69, 9.17) is 5.73 Å². The molecule has 2 aromatic carbocycles. The van der Waals surface area contributed by atoms with Crippen molar-refractivity contribution in [1.29, 1.82) is 0 Å². The van der Waals surface area contributed by atoms with Gasteiger partial charge in [-0.2, -0.15) is 0 Å². The van der Waals surface area contributed by atoms with Gasteiger partial charge in [-0.1, -0.05) is 35.1 Å². The van der Waals surface area contributed by atoms with Crippen LogP contribution in [0.15, 0.2) is 59.3 Å². The van der Waals surface area contributed by atoms with Gasteiger partial charge in [-0.25, -0.2) is 0 Å². The van der Waals surface area contributed by atoms with Gasteiger partial charge in [0, 0.05) is 0 Å². The van der Waals surface area contributed by atoms with Crippen molar-refractivity contribution >= 4 is 24.6 Å². The van der Waals surface area contributed by atoms with Crippen LogP contribution >= 0.6 is 7.94 Å². The fourth-order valence-electron chi connectivity index (χ4n) is 1.29. The van der Waals surface area contributed by atoms with E-state index >= 15 is 0 Å². The summed E-state index contributed by atoms with van der Waals surface area (Å²) in [5.74, 6) is 0. The lowest BCUT2D eigenvalue weighted by Crippen LogP contribution is -2.03. The maximum Gasteiger partial charge on any atom is 0.209 e. The Hall–Kier alpha value is -1.70. The molecule has 0 heterocycles. The van der Waals surface area contributed by atoms with E-state index in [1.807, 2.05) is 30.3 Å². The minimum Gasteiger partial charge on any atom is -0.607 e. The highest BCUT2D eigenvalue weighted by Gasteiger charge is 2.05. The molecule has 2 aromatic rings. The van der Waals surface area contributed by atoms with Gasteiger partial charge in [0.15, 0.2) is 5.30 Å². The van der Waals surface area contributed by atoms with Gasteiger partial charge in [0.05, 0.1) is 5.69 Å². The van der Waals surface area contributed by atoms with Crippen LogP contribution in [0.5, 0.6) is 0 Å². The summed E-state index contributed by atoms with van der Waals surface area (Å²) in [5, 5.41) is 0.709. The van der Waals surface area contributed by atoms with E-state index in [1.54, 1.807) is 24.3 Å². The van der Waals surface area contributed by atoms with Crippen LogP contribution in [-0.4, -0.2) is 0 Å². The second-order valence-electron chi connectivity index (χ2n) is 3.27. The van der Waals surface area contributed by atoms with Crippen molar-refractivity contribution in [2.75, 3.05) is 5.73 Å². The van der Waals surface area contributed by atoms with Crippen LogP contribution in [-0.2, 0) is 0 Å². The van der Waals surface area contributed by atoms with Crippen molar-refractivity contribution in [2.45, 2.75) is 0 Å². The summed E-state index contributed by atoms with van der Waals surface area (Å²) < 4.78 is 4.11. The second kappa shape index (κ2) is 4.88. The summed E-state index contributed by atoms with van der Waals surface area (Å²) in [4.78, 5) is 11.9. The molecule has 0 aliphatic rings. The third kappa shape index (κ3) is 2.45. The number of nitrogens with zero attached hydrogens (tertiary/aromatic N) is 1. The first-order valence-electron chi connectivity index (χ1n) is 4.86. The molecule has 0 saturated heterocycles. The zero-order valence-electron chi connectivity index (χ0n) is 8.58. The summed E-state index contributed by atoms with van der Waals surface area (Å²) in [5.41, 5.74) is 6.84. The molecule has 0 aromatic heterocycles. The molecule has 0 radical (unpaired) electrons. The predicted octanol–water partition coefficient (Wildman–Crippen LogP) is 2.17. The molecule has 0 fully saturated rings. The summed E-state index contributed by atoms with van der Waals surface area (Å²) >= 11 is 0. The zero-order valence-corrected chi connectivity index (χ0v) is 9.47. The van der Waals surface area contributed by atoms with Crippen LogP contribution in [0.1, 0.15) is 0 Å². The summed E-state index contributed by atoms with van der Waals surface area (Å²) in [6.45, 7) is 0. The van der Waals surface area contributed by atoms with Crippen LogP contribution in [0.3, 0.4) is 0 Å². The van der Waals surface area contributed by atoms with Crippen molar-refractivity contribution in [2.24, 2.45) is 4.74 Å². The van der Waals surface area contributed by atoms with E-state index in [0.29, 0.717) is 16.7 Å². The Balaban J connectivity index is 2.36. The normalized spacial score (nSPS) is 11.4. The van der Waals surface area contributed by atoms with Gasteiger partial charge in [0.25, 0.3) is 0 Å². The Morgan fingerprint density at radius 1 is 0.938 bits per heavy atom. The minimum absolute atomic E-state index is 0.543. The zero-order chi connectivity index (χ0) is 11.4. The van der Waals surface area contributed by atoms with E-state index < -0.39 is 7.94 Å². The van der Waals surface area contributed by atoms with Crippen LogP contribution in [0.4, 0.5) is 11.4 Å². The lowest BCUT2D eigenvalue weighted by atomic mass is 10.3. The predicted molar refractivity (Wildman–Crippen MR) is 65.9 cm³/mol. The smallest absolute Gasteiger partial charge is 0.209 e. The fraction of sp³-hybridized carbons (Fsp3) is 0. The molecule has 3 nitrogen and oxygen atoms in total. The molecule has 2 rings (SSSR count). The highest BCUT2D eigenvalue weighted by Crippen LogP contribution is 2.28. The molecule has 0 bridgehead atoms. The molecule has 1 atom stereocenters. The van der Waals surface area contributed by atoms with E-state index in [1.165, 1.54) is 0 Å². The van der Waals surface area contributed by atoms with Gasteiger partial charge in [0.2, 0.25) is 7.94 Å². The Morgan fingerprint density at radius 2 is 1.56 bits per heavy atom. The molecule has 0 amide bonds. The number of hydrogen-bond donors (Lipinski definition) is 1. The molecule has 1 unspecified atom stereocenters. The first kappa shape index (κ1) is 10.8. The van der Waals surface area contributed by atoms with Crippen LogP contribution < -0.4 is 15.9 Å². The minimum atomic E-state index is -1.77. The van der Waals surface area contributed by atoms with E-state index in [2.05, 4.69) is 4.74 Å². The van der Waals surface area contributed by atoms with E-state index in [-0.39, 0.29) is 0 Å². The van der Waals surface area contributed by atoms with Gasteiger partial charge in [-0.3, -0.25) is 0 Å². The molecule has 4 heteroatoms. The van der Waals surface area contributed by atoms with Crippen LogP contribution in [0, 0.1) is 0 Å². The van der Waals surface area contributed by atoms with Gasteiger partial charge in [-0.15, -0.1) is 0 Å². The largest absolute Gasteiger partial charge is 0.607 e. The van der Waals surface area contributed by atoms with Crippen molar-refractivity contribution in [3.63, 3.8) is 0 Å². The number of nitrogen functional groups attached to an aromatic ring is 1. The molecular formula is C12H11N2OP. The Morgan fingerprint density at radius 3 is 2.25 bits per heavy atom. The van der Waals surface area contributed by atoms with Gasteiger partial charge >= 0.3 is 0 Å². The molecule has 0 aliphatic heterocycles. The van der Waals surface area contributed by atoms with Crippen molar-refractivity contribution in [1.82, 2.24) is 0 Å². The Bertz CT molecular complexity index is 511. The summed E-state index contributed by atoms with van der Waals surface area (Å²) in [6, 6.07) is 16.3. The first-order chi connectivity index (χ1) is 7.77. The Labute approximate surface area is 95.1 Å². The number of hydrogen-bond acceptors (Lipinski definition) is 3. The molecule has 80 valence electrons. The average molecular weight is 230 g/mol. The van der Waals surface area contributed by atoms with Gasteiger partial charge in [0.1, 0.15) is 5.69 Å². The molecule has 16 heavy (non-hydrogen) atoms. The summed E-state index contributed by atoms with van der Waals surface area (Å²) in [7, 11) is -1.77. The lowest BCUT2D eigenvalue weighted by Gasteiger charge is -1.98. The number of para-hydroxylation sites is 1. The number of anilines is 1. The Kier molecular flexibility index (Phi) is 3.30. The third-order valence-electron chi connectivity index (χ3n) is 2.11. The van der Waals surface area contributed by atoms with E-state index in [0.717, 1.165) is 0 Å². The molecule has 2 N–H and O–H groups in total. The molecule has 0 aliphatic carbocycles. The topological polar surface area (TPSA) is 61.4 Å². The van der Waals surface area contributed by atoms with Crippen LogP contribution in [0.25, 0.3) is 0 Å². The SMILES string of the molecule is Nc1ccccc1N=[P+]([O-])c1ccccc1. The van der Waals surface area contributed by atoms with Crippen molar-refractivity contribution in [3.8, 4) is 0 Å². The molecular weight excluding hydrogens is 219 g/mol. The maximum atomic E-state index is 11.9. The van der Waals surface area contributed by atoms with Gasteiger partial charge < -0.3 is 10.6 Å². The third-order valence-corrected chi connectivity index (χ3v) is 3.25. The number of benzene rings is 2. The quantitative estimate of drug-likeness (QED) is 0.634. The second-order valence-corrected chi connectivity index (χ2v) is 4.53.